The summed E-state index contributed by atoms with van der Waals surface area (Å²) in [6, 6.07) is 9.38. The van der Waals surface area contributed by atoms with E-state index in [1.807, 2.05) is 0 Å². The Balaban J connectivity index is 2.22. The van der Waals surface area contributed by atoms with Crippen molar-refractivity contribution < 1.29 is 0 Å². The largest absolute Gasteiger partial charge is 0.347 e. The van der Waals surface area contributed by atoms with Gasteiger partial charge >= 0.3 is 0 Å². The predicted molar refractivity (Wildman–Crippen MR) is 83.4 cm³/mol. The van der Waals surface area contributed by atoms with Crippen LogP contribution in [0.3, 0.4) is 0 Å². The molecule has 1 N–H and O–H groups in total. The lowest BCUT2D eigenvalue weighted by Crippen LogP contribution is -2.22. The molecule has 0 aliphatic carbocycles. The zero-order valence-electron chi connectivity index (χ0n) is 12.4. The third-order valence-corrected chi connectivity index (χ3v) is 3.58. The number of hydrogen-bond acceptors (Lipinski definition) is 1. The summed E-state index contributed by atoms with van der Waals surface area (Å²) < 4.78 is 2.42. The SMILES string of the molecule is CCCCCn1ccc2cccc(CNC(C)C)c21. The van der Waals surface area contributed by atoms with Crippen LogP contribution in [0.1, 0.15) is 45.6 Å². The molecule has 1 aromatic heterocycles. The minimum absolute atomic E-state index is 0.527. The lowest BCUT2D eigenvalue weighted by Gasteiger charge is -2.12. The van der Waals surface area contributed by atoms with E-state index in [1.165, 1.54) is 35.7 Å². The highest BCUT2D eigenvalue weighted by Gasteiger charge is 2.06. The summed E-state index contributed by atoms with van der Waals surface area (Å²) >= 11 is 0. The van der Waals surface area contributed by atoms with E-state index in [0.717, 1.165) is 13.1 Å². The molecule has 0 unspecified atom stereocenters. The van der Waals surface area contributed by atoms with Gasteiger partial charge in [0, 0.05) is 25.3 Å². The number of nitrogens with one attached hydrogen (secondary N) is 1. The van der Waals surface area contributed by atoms with Crippen molar-refractivity contribution in [3.63, 3.8) is 0 Å². The van der Waals surface area contributed by atoms with Gasteiger partial charge in [0.25, 0.3) is 0 Å². The van der Waals surface area contributed by atoms with E-state index in [1.54, 1.807) is 0 Å². The van der Waals surface area contributed by atoms with Gasteiger partial charge in [-0.25, -0.2) is 0 Å². The normalized spacial score (nSPS) is 11.6. The summed E-state index contributed by atoms with van der Waals surface area (Å²) in [7, 11) is 0. The van der Waals surface area contributed by atoms with Gasteiger partial charge in [0.15, 0.2) is 0 Å². The maximum Gasteiger partial charge on any atom is 0.0525 e. The average molecular weight is 258 g/mol. The summed E-state index contributed by atoms with van der Waals surface area (Å²) in [4.78, 5) is 0. The topological polar surface area (TPSA) is 17.0 Å². The van der Waals surface area contributed by atoms with Crippen LogP contribution in [0.5, 0.6) is 0 Å². The Labute approximate surface area is 116 Å². The van der Waals surface area contributed by atoms with E-state index in [4.69, 9.17) is 0 Å². The lowest BCUT2D eigenvalue weighted by molar-refractivity contribution is 0.585. The van der Waals surface area contributed by atoms with Gasteiger partial charge in [0.2, 0.25) is 0 Å². The summed E-state index contributed by atoms with van der Waals surface area (Å²) in [5.41, 5.74) is 2.82. The number of hydrogen-bond donors (Lipinski definition) is 1. The van der Waals surface area contributed by atoms with E-state index in [2.05, 4.69) is 61.1 Å². The van der Waals surface area contributed by atoms with Gasteiger partial charge in [-0.2, -0.15) is 0 Å². The van der Waals surface area contributed by atoms with Crippen LogP contribution >= 0.6 is 0 Å². The summed E-state index contributed by atoms with van der Waals surface area (Å²) in [5.74, 6) is 0. The summed E-state index contributed by atoms with van der Waals surface area (Å²) in [6.07, 6.45) is 6.10. The second-order valence-corrected chi connectivity index (χ2v) is 5.61. The molecule has 0 aliphatic rings. The van der Waals surface area contributed by atoms with Crippen LogP contribution < -0.4 is 5.32 Å². The van der Waals surface area contributed by atoms with E-state index in [-0.39, 0.29) is 0 Å². The first kappa shape index (κ1) is 14.1. The molecule has 0 saturated carbocycles. The smallest absolute Gasteiger partial charge is 0.0525 e. The van der Waals surface area contributed by atoms with Crippen LogP contribution in [-0.2, 0) is 13.1 Å². The number of benzene rings is 1. The van der Waals surface area contributed by atoms with Gasteiger partial charge in [0.05, 0.1) is 5.52 Å². The Bertz CT molecular complexity index is 511. The molecule has 19 heavy (non-hydrogen) atoms. The Morgan fingerprint density at radius 2 is 2.00 bits per heavy atom. The number of fused-ring (bicyclic) bond motifs is 1. The van der Waals surface area contributed by atoms with Crippen molar-refractivity contribution in [1.82, 2.24) is 9.88 Å². The van der Waals surface area contributed by atoms with Crippen LogP contribution in [0.25, 0.3) is 10.9 Å². The van der Waals surface area contributed by atoms with E-state index < -0.39 is 0 Å². The third kappa shape index (κ3) is 3.60. The number of rotatable bonds is 7. The van der Waals surface area contributed by atoms with Gasteiger partial charge in [-0.15, -0.1) is 0 Å². The first-order valence-electron chi connectivity index (χ1n) is 7.52. The van der Waals surface area contributed by atoms with Gasteiger partial charge in [-0.3, -0.25) is 0 Å². The van der Waals surface area contributed by atoms with E-state index >= 15 is 0 Å². The predicted octanol–water partition coefficient (Wildman–Crippen LogP) is 4.33. The number of unbranched alkanes of at least 4 members (excludes halogenated alkanes) is 2. The second kappa shape index (κ2) is 6.76. The number of para-hydroxylation sites is 1. The molecule has 1 aromatic carbocycles. The Morgan fingerprint density at radius 1 is 1.16 bits per heavy atom. The summed E-state index contributed by atoms with van der Waals surface area (Å²) in [5, 5.41) is 4.89. The van der Waals surface area contributed by atoms with Gasteiger partial charge < -0.3 is 9.88 Å². The number of aromatic nitrogens is 1. The zero-order valence-corrected chi connectivity index (χ0v) is 12.4. The first-order chi connectivity index (χ1) is 9.22. The second-order valence-electron chi connectivity index (χ2n) is 5.61. The van der Waals surface area contributed by atoms with Crippen molar-refractivity contribution in [2.75, 3.05) is 0 Å². The molecule has 2 nitrogen and oxygen atoms in total. The lowest BCUT2D eigenvalue weighted by atomic mass is 10.1. The molecule has 104 valence electrons. The molecule has 0 radical (unpaired) electrons. The average Bonchev–Trinajstić information content (AvgIpc) is 2.81. The number of nitrogens with zero attached hydrogens (tertiary/aromatic N) is 1. The third-order valence-electron chi connectivity index (χ3n) is 3.58. The molecule has 0 spiro atoms. The molecule has 1 heterocycles. The van der Waals surface area contributed by atoms with Crippen molar-refractivity contribution in [2.24, 2.45) is 0 Å². The molecule has 0 bridgehead atoms. The molecule has 0 atom stereocenters. The van der Waals surface area contributed by atoms with Gasteiger partial charge in [-0.1, -0.05) is 51.8 Å². The van der Waals surface area contributed by atoms with Crippen LogP contribution in [-0.4, -0.2) is 10.6 Å². The number of aryl methyl sites for hydroxylation is 1. The highest BCUT2D eigenvalue weighted by Crippen LogP contribution is 2.21. The van der Waals surface area contributed by atoms with Crippen molar-refractivity contribution in [2.45, 2.75) is 59.2 Å². The van der Waals surface area contributed by atoms with Crippen molar-refractivity contribution in [1.29, 1.82) is 0 Å². The van der Waals surface area contributed by atoms with Gasteiger partial charge in [-0.05, 0) is 23.4 Å². The molecule has 0 aliphatic heterocycles. The monoisotopic (exact) mass is 258 g/mol. The fraction of sp³-hybridized carbons (Fsp3) is 0.529. The van der Waals surface area contributed by atoms with Gasteiger partial charge in [0.1, 0.15) is 0 Å². The van der Waals surface area contributed by atoms with E-state index in [9.17, 15) is 0 Å². The Kier molecular flexibility index (Phi) is 5.03. The van der Waals surface area contributed by atoms with Crippen LogP contribution in [0.15, 0.2) is 30.5 Å². The van der Waals surface area contributed by atoms with E-state index in [0.29, 0.717) is 6.04 Å². The first-order valence-corrected chi connectivity index (χ1v) is 7.52. The maximum absolute atomic E-state index is 3.52. The highest BCUT2D eigenvalue weighted by molar-refractivity contribution is 5.83. The zero-order chi connectivity index (χ0) is 13.7. The Hall–Kier alpha value is -1.28. The molecule has 2 heteroatoms. The maximum atomic E-state index is 3.52. The van der Waals surface area contributed by atoms with Crippen molar-refractivity contribution >= 4 is 10.9 Å². The molecular weight excluding hydrogens is 232 g/mol. The molecule has 0 saturated heterocycles. The molecule has 0 amide bonds. The van der Waals surface area contributed by atoms with Crippen molar-refractivity contribution in [3.8, 4) is 0 Å². The highest BCUT2D eigenvalue weighted by atomic mass is 15.0. The minimum atomic E-state index is 0.527. The molecule has 2 rings (SSSR count). The minimum Gasteiger partial charge on any atom is -0.347 e. The van der Waals surface area contributed by atoms with Crippen LogP contribution in [0, 0.1) is 0 Å². The molecular formula is C17H26N2. The standard InChI is InChI=1S/C17H26N2/c1-4-5-6-11-19-12-10-15-8-7-9-16(17(15)19)13-18-14(2)3/h7-10,12,14,18H,4-6,11,13H2,1-3H3. The molecule has 0 fully saturated rings. The Morgan fingerprint density at radius 3 is 2.74 bits per heavy atom. The van der Waals surface area contributed by atoms with Crippen LogP contribution in [0.2, 0.25) is 0 Å². The quantitative estimate of drug-likeness (QED) is 0.731. The van der Waals surface area contributed by atoms with Crippen LogP contribution in [0.4, 0.5) is 0 Å². The summed E-state index contributed by atoms with van der Waals surface area (Å²) in [6.45, 7) is 8.73. The molecule has 2 aromatic rings. The fourth-order valence-corrected chi connectivity index (χ4v) is 2.52. The fourth-order valence-electron chi connectivity index (χ4n) is 2.52. The van der Waals surface area contributed by atoms with Crippen molar-refractivity contribution in [3.05, 3.63) is 36.0 Å².